The number of hydrogen-bond acceptors (Lipinski definition) is 5. The molecule has 2 atom stereocenters. The highest BCUT2D eigenvalue weighted by atomic mass is 16.6. The van der Waals surface area contributed by atoms with Gasteiger partial charge in [-0.2, -0.15) is 0 Å². The van der Waals surface area contributed by atoms with Crippen molar-refractivity contribution in [3.63, 3.8) is 0 Å². The van der Waals surface area contributed by atoms with Crippen LogP contribution in [0.4, 0.5) is 4.79 Å². The first kappa shape index (κ1) is 20.0. The zero-order valence-electron chi connectivity index (χ0n) is 16.1. The zero-order chi connectivity index (χ0) is 19.3. The Morgan fingerprint density at radius 2 is 1.96 bits per heavy atom. The van der Waals surface area contributed by atoms with E-state index < -0.39 is 11.7 Å². The summed E-state index contributed by atoms with van der Waals surface area (Å²) >= 11 is 0. The van der Waals surface area contributed by atoms with Gasteiger partial charge in [0.25, 0.3) is 0 Å². The van der Waals surface area contributed by atoms with Crippen molar-refractivity contribution in [2.24, 2.45) is 0 Å². The van der Waals surface area contributed by atoms with Crippen molar-refractivity contribution in [2.75, 3.05) is 27.3 Å². The summed E-state index contributed by atoms with van der Waals surface area (Å²) < 4.78 is 16.0. The number of nitrogens with zero attached hydrogens (tertiary/aromatic N) is 1. The van der Waals surface area contributed by atoms with E-state index in [-0.39, 0.29) is 24.5 Å². The Balaban J connectivity index is 1.94. The number of nitrogens with one attached hydrogen (secondary N) is 1. The molecule has 0 aromatic heterocycles. The van der Waals surface area contributed by atoms with E-state index in [1.807, 2.05) is 45.0 Å². The van der Waals surface area contributed by atoms with Gasteiger partial charge in [-0.15, -0.1) is 0 Å². The number of carbonyl (C=O) groups excluding carboxylic acids is 2. The molecule has 0 aliphatic carbocycles. The second-order valence-corrected chi connectivity index (χ2v) is 7.36. The van der Waals surface area contributed by atoms with Crippen molar-refractivity contribution in [3.8, 4) is 5.75 Å². The third-order valence-electron chi connectivity index (χ3n) is 4.07. The van der Waals surface area contributed by atoms with E-state index in [0.717, 1.165) is 5.56 Å². The average molecular weight is 364 g/mol. The van der Waals surface area contributed by atoms with Crippen molar-refractivity contribution >= 4 is 12.0 Å². The highest BCUT2D eigenvalue weighted by molar-refractivity contribution is 5.79. The molecule has 7 nitrogen and oxygen atoms in total. The number of ether oxygens (including phenoxy) is 3. The van der Waals surface area contributed by atoms with E-state index in [1.54, 1.807) is 19.1 Å². The Bertz CT molecular complexity index is 641. The summed E-state index contributed by atoms with van der Waals surface area (Å²) in [6.07, 6.45) is -0.433. The smallest absolute Gasteiger partial charge is 0.410 e. The van der Waals surface area contributed by atoms with Gasteiger partial charge < -0.3 is 24.4 Å². The molecule has 1 N–H and O–H groups in total. The SMILES string of the molecule is COc1cccc(CC(=O)NC2CN(C(=O)OC(C)(C)C)CC2OC)c1. The van der Waals surface area contributed by atoms with E-state index in [0.29, 0.717) is 18.8 Å². The van der Waals surface area contributed by atoms with Crippen molar-refractivity contribution in [1.29, 1.82) is 0 Å². The molecule has 1 aliphatic rings. The Hall–Kier alpha value is -2.28. The monoisotopic (exact) mass is 364 g/mol. The van der Waals surface area contributed by atoms with Gasteiger partial charge in [0.2, 0.25) is 5.91 Å². The maximum absolute atomic E-state index is 12.4. The molecule has 2 unspecified atom stereocenters. The molecule has 1 saturated heterocycles. The molecule has 2 rings (SSSR count). The summed E-state index contributed by atoms with van der Waals surface area (Å²) in [4.78, 5) is 26.2. The van der Waals surface area contributed by atoms with Crippen LogP contribution in [0.25, 0.3) is 0 Å². The zero-order valence-corrected chi connectivity index (χ0v) is 16.1. The Kier molecular flexibility index (Phi) is 6.47. The summed E-state index contributed by atoms with van der Waals surface area (Å²) in [5, 5.41) is 2.96. The second kappa shape index (κ2) is 8.40. The van der Waals surface area contributed by atoms with E-state index in [2.05, 4.69) is 5.32 Å². The molecule has 0 spiro atoms. The minimum Gasteiger partial charge on any atom is -0.497 e. The van der Waals surface area contributed by atoms with E-state index in [1.165, 1.54) is 0 Å². The van der Waals surface area contributed by atoms with E-state index >= 15 is 0 Å². The number of amides is 2. The van der Waals surface area contributed by atoms with Crippen LogP contribution in [0.5, 0.6) is 5.75 Å². The third-order valence-corrected chi connectivity index (χ3v) is 4.07. The van der Waals surface area contributed by atoms with Crippen LogP contribution in [-0.2, 0) is 20.7 Å². The molecule has 0 radical (unpaired) electrons. The lowest BCUT2D eigenvalue weighted by Gasteiger charge is -2.24. The number of likely N-dealkylation sites (tertiary alicyclic amines) is 1. The molecule has 144 valence electrons. The molecule has 1 heterocycles. The highest BCUT2D eigenvalue weighted by Gasteiger charge is 2.38. The summed E-state index contributed by atoms with van der Waals surface area (Å²) in [5.74, 6) is 0.582. The molecule has 26 heavy (non-hydrogen) atoms. The van der Waals surface area contributed by atoms with Gasteiger partial charge in [-0.25, -0.2) is 4.79 Å². The van der Waals surface area contributed by atoms with E-state index in [9.17, 15) is 9.59 Å². The maximum atomic E-state index is 12.4. The molecule has 1 aliphatic heterocycles. The lowest BCUT2D eigenvalue weighted by Crippen LogP contribution is -2.44. The second-order valence-electron chi connectivity index (χ2n) is 7.36. The predicted molar refractivity (Wildman–Crippen MR) is 97.2 cm³/mol. The number of benzene rings is 1. The lowest BCUT2D eigenvalue weighted by atomic mass is 10.1. The molecule has 1 aromatic carbocycles. The molecular formula is C19H28N2O5. The van der Waals surface area contributed by atoms with Crippen molar-refractivity contribution in [2.45, 2.75) is 44.9 Å². The van der Waals surface area contributed by atoms with Crippen molar-refractivity contribution in [3.05, 3.63) is 29.8 Å². The van der Waals surface area contributed by atoms with Crippen LogP contribution in [0.2, 0.25) is 0 Å². The van der Waals surface area contributed by atoms with Gasteiger partial charge in [0, 0.05) is 13.7 Å². The molecule has 0 saturated carbocycles. The van der Waals surface area contributed by atoms with Gasteiger partial charge in [0.15, 0.2) is 0 Å². The summed E-state index contributed by atoms with van der Waals surface area (Å²) in [6, 6.07) is 7.11. The van der Waals surface area contributed by atoms with Gasteiger partial charge in [-0.05, 0) is 38.5 Å². The van der Waals surface area contributed by atoms with Gasteiger partial charge in [-0.1, -0.05) is 12.1 Å². The first-order chi connectivity index (χ1) is 12.2. The van der Waals surface area contributed by atoms with Crippen LogP contribution < -0.4 is 10.1 Å². The summed E-state index contributed by atoms with van der Waals surface area (Å²) in [5.41, 5.74) is 0.297. The average Bonchev–Trinajstić information content (AvgIpc) is 2.96. The minimum absolute atomic E-state index is 0.128. The fourth-order valence-electron chi connectivity index (χ4n) is 2.85. The van der Waals surface area contributed by atoms with Crippen LogP contribution in [0.3, 0.4) is 0 Å². The van der Waals surface area contributed by atoms with Crippen LogP contribution in [0.15, 0.2) is 24.3 Å². The van der Waals surface area contributed by atoms with Crippen LogP contribution >= 0.6 is 0 Å². The van der Waals surface area contributed by atoms with Gasteiger partial charge in [0.05, 0.1) is 32.2 Å². The third kappa shape index (κ3) is 5.62. The van der Waals surface area contributed by atoms with Crippen molar-refractivity contribution in [1.82, 2.24) is 10.2 Å². The predicted octanol–water partition coefficient (Wildman–Crippen LogP) is 1.99. The summed E-state index contributed by atoms with van der Waals surface area (Å²) in [7, 11) is 3.16. The van der Waals surface area contributed by atoms with E-state index in [4.69, 9.17) is 14.2 Å². The first-order valence-corrected chi connectivity index (χ1v) is 8.65. The van der Waals surface area contributed by atoms with Crippen molar-refractivity contribution < 1.29 is 23.8 Å². The summed E-state index contributed by atoms with van der Waals surface area (Å²) in [6.45, 7) is 6.21. The lowest BCUT2D eigenvalue weighted by molar-refractivity contribution is -0.121. The minimum atomic E-state index is -0.562. The Morgan fingerprint density at radius 1 is 1.23 bits per heavy atom. The first-order valence-electron chi connectivity index (χ1n) is 8.65. The Labute approximate surface area is 154 Å². The standard InChI is InChI=1S/C19H28N2O5/c1-19(2,3)26-18(23)21-11-15(16(12-21)25-5)20-17(22)10-13-7-6-8-14(9-13)24-4/h6-9,15-16H,10-12H2,1-5H3,(H,20,22). The maximum Gasteiger partial charge on any atom is 0.410 e. The van der Waals surface area contributed by atoms with Gasteiger partial charge in [-0.3, -0.25) is 4.79 Å². The molecule has 2 amide bonds. The number of rotatable bonds is 5. The normalized spacial score (nSPS) is 20.0. The number of hydrogen-bond donors (Lipinski definition) is 1. The topological polar surface area (TPSA) is 77.1 Å². The van der Waals surface area contributed by atoms with Crippen LogP contribution in [-0.4, -0.2) is 62.0 Å². The Morgan fingerprint density at radius 3 is 2.58 bits per heavy atom. The molecule has 1 fully saturated rings. The molecule has 1 aromatic rings. The van der Waals surface area contributed by atoms with Gasteiger partial charge in [0.1, 0.15) is 11.4 Å². The largest absolute Gasteiger partial charge is 0.497 e. The van der Waals surface area contributed by atoms with Crippen LogP contribution in [0, 0.1) is 0 Å². The fraction of sp³-hybridized carbons (Fsp3) is 0.579. The molecule has 0 bridgehead atoms. The molecular weight excluding hydrogens is 336 g/mol. The highest BCUT2D eigenvalue weighted by Crippen LogP contribution is 2.18. The van der Waals surface area contributed by atoms with Gasteiger partial charge >= 0.3 is 6.09 Å². The van der Waals surface area contributed by atoms with Crippen LogP contribution in [0.1, 0.15) is 26.3 Å². The molecule has 7 heteroatoms. The number of methoxy groups -OCH3 is 2. The number of carbonyl (C=O) groups is 2. The fourth-order valence-corrected chi connectivity index (χ4v) is 2.85. The quantitative estimate of drug-likeness (QED) is 0.865.